The molecule has 2 aromatic carbocycles. The molecule has 0 amide bonds. The number of aromatic hydroxyl groups is 1. The Kier molecular flexibility index (Phi) is 4.20. The molecule has 0 unspecified atom stereocenters. The highest BCUT2D eigenvalue weighted by atomic mass is 16.3. The van der Waals surface area contributed by atoms with Crippen LogP contribution in [0.5, 0.6) is 5.88 Å². The smallest absolute Gasteiger partial charge is 0.222 e. The molecule has 0 aliphatic rings. The summed E-state index contributed by atoms with van der Waals surface area (Å²) in [6.07, 6.45) is 1.83. The molecule has 1 aromatic heterocycles. The summed E-state index contributed by atoms with van der Waals surface area (Å²) in [5, 5.41) is 15.5. The minimum atomic E-state index is 0.211. The number of aryl methyl sites for hydroxylation is 3. The van der Waals surface area contributed by atoms with Crippen molar-refractivity contribution in [1.29, 1.82) is 0 Å². The summed E-state index contributed by atoms with van der Waals surface area (Å²) >= 11 is 0. The molecule has 23 heavy (non-hydrogen) atoms. The van der Waals surface area contributed by atoms with Crippen molar-refractivity contribution in [3.63, 3.8) is 0 Å². The summed E-state index contributed by atoms with van der Waals surface area (Å²) in [6.45, 7) is 6.28. The van der Waals surface area contributed by atoms with Gasteiger partial charge in [0.05, 0.1) is 16.9 Å². The number of hydrogen-bond acceptors (Lipinski definition) is 2. The van der Waals surface area contributed by atoms with Crippen molar-refractivity contribution in [1.82, 2.24) is 9.78 Å². The number of rotatable bonds is 4. The highest BCUT2D eigenvalue weighted by Gasteiger charge is 2.19. The largest absolute Gasteiger partial charge is 0.493 e. The van der Waals surface area contributed by atoms with Crippen LogP contribution in [0.15, 0.2) is 48.5 Å². The molecule has 0 aliphatic heterocycles. The molecule has 118 valence electrons. The molecule has 3 aromatic rings. The van der Waals surface area contributed by atoms with Gasteiger partial charge in [-0.15, -0.1) is 0 Å². The molecule has 0 saturated carbocycles. The standard InChI is InChI=1S/C20H22N2O/c1-4-8-18-19(16-9-6-5-7-10-16)20(23)22(21-18)17-12-11-14(2)15(3)13-17/h5-7,9-13,23H,4,8H2,1-3H3. The van der Waals surface area contributed by atoms with E-state index in [1.807, 2.05) is 36.4 Å². The summed E-state index contributed by atoms with van der Waals surface area (Å²) in [4.78, 5) is 0. The Morgan fingerprint density at radius 2 is 1.74 bits per heavy atom. The second-order valence-electron chi connectivity index (χ2n) is 5.94. The van der Waals surface area contributed by atoms with Crippen molar-refractivity contribution in [2.45, 2.75) is 33.6 Å². The van der Waals surface area contributed by atoms with Gasteiger partial charge in [0.25, 0.3) is 0 Å². The minimum Gasteiger partial charge on any atom is -0.493 e. The van der Waals surface area contributed by atoms with Crippen LogP contribution in [-0.2, 0) is 6.42 Å². The van der Waals surface area contributed by atoms with Crippen molar-refractivity contribution in [2.75, 3.05) is 0 Å². The van der Waals surface area contributed by atoms with Crippen LogP contribution in [0.3, 0.4) is 0 Å². The fraction of sp³-hybridized carbons (Fsp3) is 0.250. The fourth-order valence-corrected chi connectivity index (χ4v) is 2.80. The van der Waals surface area contributed by atoms with E-state index in [1.54, 1.807) is 4.68 Å². The van der Waals surface area contributed by atoms with Crippen molar-refractivity contribution in [3.05, 3.63) is 65.4 Å². The lowest BCUT2D eigenvalue weighted by Gasteiger charge is -2.07. The number of nitrogens with zero attached hydrogens (tertiary/aromatic N) is 2. The lowest BCUT2D eigenvalue weighted by Crippen LogP contribution is -1.98. The Morgan fingerprint density at radius 1 is 1.00 bits per heavy atom. The van der Waals surface area contributed by atoms with Crippen molar-refractivity contribution < 1.29 is 5.11 Å². The number of hydrogen-bond donors (Lipinski definition) is 1. The topological polar surface area (TPSA) is 38.0 Å². The van der Waals surface area contributed by atoms with Gasteiger partial charge in [0.15, 0.2) is 0 Å². The first-order valence-electron chi connectivity index (χ1n) is 8.05. The Balaban J connectivity index is 2.17. The first kappa shape index (κ1) is 15.3. The maximum atomic E-state index is 10.8. The Bertz CT molecular complexity index is 819. The third-order valence-corrected chi connectivity index (χ3v) is 4.22. The molecule has 3 nitrogen and oxygen atoms in total. The van der Waals surface area contributed by atoms with Gasteiger partial charge in [-0.1, -0.05) is 49.7 Å². The van der Waals surface area contributed by atoms with Crippen molar-refractivity contribution in [3.8, 4) is 22.7 Å². The molecule has 0 fully saturated rings. The molecular formula is C20H22N2O. The third kappa shape index (κ3) is 2.87. The molecule has 3 heteroatoms. The van der Waals surface area contributed by atoms with Gasteiger partial charge in [-0.05, 0) is 49.1 Å². The molecule has 1 heterocycles. The molecule has 0 saturated heterocycles. The molecule has 3 rings (SSSR count). The zero-order valence-corrected chi connectivity index (χ0v) is 13.9. The van der Waals surface area contributed by atoms with Crippen LogP contribution in [0.2, 0.25) is 0 Å². The molecule has 0 spiro atoms. The SMILES string of the molecule is CCCc1nn(-c2ccc(C)c(C)c2)c(O)c1-c1ccccc1. The van der Waals surface area contributed by atoms with Crippen LogP contribution in [0, 0.1) is 13.8 Å². The van der Waals surface area contributed by atoms with Crippen molar-refractivity contribution >= 4 is 0 Å². The van der Waals surface area contributed by atoms with Gasteiger partial charge in [-0.25, -0.2) is 4.68 Å². The van der Waals surface area contributed by atoms with E-state index >= 15 is 0 Å². The van der Waals surface area contributed by atoms with Crippen LogP contribution >= 0.6 is 0 Å². The predicted octanol–water partition coefficient (Wildman–Crippen LogP) is 4.81. The second kappa shape index (κ2) is 6.29. The first-order valence-corrected chi connectivity index (χ1v) is 8.05. The van der Waals surface area contributed by atoms with E-state index in [2.05, 4.69) is 38.0 Å². The normalized spacial score (nSPS) is 10.9. The van der Waals surface area contributed by atoms with Gasteiger partial charge in [0, 0.05) is 0 Å². The lowest BCUT2D eigenvalue weighted by atomic mass is 10.0. The first-order chi connectivity index (χ1) is 11.1. The zero-order valence-electron chi connectivity index (χ0n) is 13.9. The van der Waals surface area contributed by atoms with E-state index in [-0.39, 0.29) is 5.88 Å². The second-order valence-corrected chi connectivity index (χ2v) is 5.94. The van der Waals surface area contributed by atoms with E-state index in [0.29, 0.717) is 0 Å². The molecule has 0 radical (unpaired) electrons. The maximum Gasteiger partial charge on any atom is 0.222 e. The Morgan fingerprint density at radius 3 is 2.39 bits per heavy atom. The average Bonchev–Trinajstić information content (AvgIpc) is 2.88. The van der Waals surface area contributed by atoms with Gasteiger partial charge >= 0.3 is 0 Å². The summed E-state index contributed by atoms with van der Waals surface area (Å²) < 4.78 is 1.65. The molecule has 0 bridgehead atoms. The lowest BCUT2D eigenvalue weighted by molar-refractivity contribution is 0.435. The van der Waals surface area contributed by atoms with Crippen LogP contribution in [0.1, 0.15) is 30.2 Å². The monoisotopic (exact) mass is 306 g/mol. The number of aromatic nitrogens is 2. The minimum absolute atomic E-state index is 0.211. The van der Waals surface area contributed by atoms with E-state index in [4.69, 9.17) is 0 Å². The van der Waals surface area contributed by atoms with Crippen LogP contribution in [0.4, 0.5) is 0 Å². The maximum absolute atomic E-state index is 10.8. The molecule has 0 aliphatic carbocycles. The summed E-state index contributed by atoms with van der Waals surface area (Å²) in [6, 6.07) is 16.1. The molecule has 0 atom stereocenters. The van der Waals surface area contributed by atoms with E-state index in [0.717, 1.165) is 35.3 Å². The quantitative estimate of drug-likeness (QED) is 0.751. The Hall–Kier alpha value is -2.55. The number of benzene rings is 2. The average molecular weight is 306 g/mol. The molecular weight excluding hydrogens is 284 g/mol. The van der Waals surface area contributed by atoms with E-state index < -0.39 is 0 Å². The van der Waals surface area contributed by atoms with Gasteiger partial charge < -0.3 is 5.11 Å². The van der Waals surface area contributed by atoms with Gasteiger partial charge in [0.1, 0.15) is 0 Å². The van der Waals surface area contributed by atoms with Crippen LogP contribution < -0.4 is 0 Å². The van der Waals surface area contributed by atoms with Gasteiger partial charge in [-0.2, -0.15) is 5.10 Å². The van der Waals surface area contributed by atoms with Gasteiger partial charge in [-0.3, -0.25) is 0 Å². The van der Waals surface area contributed by atoms with Crippen LogP contribution in [-0.4, -0.2) is 14.9 Å². The van der Waals surface area contributed by atoms with E-state index in [9.17, 15) is 5.11 Å². The van der Waals surface area contributed by atoms with Crippen molar-refractivity contribution in [2.24, 2.45) is 0 Å². The van der Waals surface area contributed by atoms with E-state index in [1.165, 1.54) is 11.1 Å². The highest BCUT2D eigenvalue weighted by molar-refractivity contribution is 5.72. The summed E-state index contributed by atoms with van der Waals surface area (Å²) in [5.41, 5.74) is 6.10. The fourth-order valence-electron chi connectivity index (χ4n) is 2.80. The molecule has 1 N–H and O–H groups in total. The van der Waals surface area contributed by atoms with Crippen LogP contribution in [0.25, 0.3) is 16.8 Å². The highest BCUT2D eigenvalue weighted by Crippen LogP contribution is 2.35. The zero-order chi connectivity index (χ0) is 16.4. The summed E-state index contributed by atoms with van der Waals surface area (Å²) in [7, 11) is 0. The predicted molar refractivity (Wildman–Crippen MR) is 94.1 cm³/mol. The third-order valence-electron chi connectivity index (χ3n) is 4.22. The van der Waals surface area contributed by atoms with Gasteiger partial charge in [0.2, 0.25) is 5.88 Å². The Labute approximate surface area is 137 Å². The summed E-state index contributed by atoms with van der Waals surface area (Å²) in [5.74, 6) is 0.211.